The van der Waals surface area contributed by atoms with Gasteiger partial charge in [0.25, 0.3) is 0 Å². The molecule has 3 rings (SSSR count). The van der Waals surface area contributed by atoms with Crippen LogP contribution in [0.25, 0.3) is 0 Å². The van der Waals surface area contributed by atoms with Crippen LogP contribution in [-0.2, 0) is 21.2 Å². The van der Waals surface area contributed by atoms with Gasteiger partial charge in [0.2, 0.25) is 15.9 Å². The highest BCUT2D eigenvalue weighted by Crippen LogP contribution is 2.22. The third kappa shape index (κ3) is 4.98. The second kappa shape index (κ2) is 8.23. The number of carbonyl (C=O) groups is 1. The Morgan fingerprint density at radius 2 is 2.04 bits per heavy atom. The van der Waals surface area contributed by atoms with E-state index < -0.39 is 15.3 Å². The summed E-state index contributed by atoms with van der Waals surface area (Å²) in [6, 6.07) is 1.87. The van der Waals surface area contributed by atoms with Crippen LogP contribution >= 0.6 is 0 Å². The van der Waals surface area contributed by atoms with E-state index in [9.17, 15) is 13.2 Å². The number of rotatable bonds is 6. The maximum Gasteiger partial charge on any atom is 0.222 e. The Hall–Kier alpha value is -1.54. The Kier molecular flexibility index (Phi) is 6.01. The first-order valence-electron chi connectivity index (χ1n) is 9.08. The smallest absolute Gasteiger partial charge is 0.222 e. The molecule has 1 amide bonds. The van der Waals surface area contributed by atoms with Gasteiger partial charge in [0.05, 0.1) is 5.25 Å². The molecule has 2 aliphatic rings. The predicted octanol–water partition coefficient (Wildman–Crippen LogP) is 1.26. The molecule has 2 fully saturated rings. The summed E-state index contributed by atoms with van der Waals surface area (Å²) in [5.41, 5.74) is 0.826. The highest BCUT2D eigenvalue weighted by molar-refractivity contribution is 7.90. The van der Waals surface area contributed by atoms with E-state index in [0.29, 0.717) is 32.4 Å². The maximum absolute atomic E-state index is 12.6. The molecule has 1 N–H and O–H groups in total. The molecule has 138 valence electrons. The average Bonchev–Trinajstić information content (AvgIpc) is 3.13. The Balaban J connectivity index is 1.53. The van der Waals surface area contributed by atoms with Gasteiger partial charge in [0, 0.05) is 37.4 Å². The fourth-order valence-electron chi connectivity index (χ4n) is 3.65. The van der Waals surface area contributed by atoms with Crippen molar-refractivity contribution in [3.63, 3.8) is 0 Å². The summed E-state index contributed by atoms with van der Waals surface area (Å²) in [6.45, 7) is 0.933. The second-order valence-electron chi connectivity index (χ2n) is 6.95. The van der Waals surface area contributed by atoms with Gasteiger partial charge in [-0.3, -0.25) is 4.79 Å². The number of nitrogens with zero attached hydrogens (tertiary/aromatic N) is 3. The second-order valence-corrected chi connectivity index (χ2v) is 8.94. The Labute approximate surface area is 149 Å². The summed E-state index contributed by atoms with van der Waals surface area (Å²) in [5.74, 6) is -0.000575. The van der Waals surface area contributed by atoms with E-state index in [2.05, 4.69) is 14.7 Å². The third-order valence-electron chi connectivity index (χ3n) is 5.09. The summed E-state index contributed by atoms with van der Waals surface area (Å²) in [5, 5.41) is -0.496. The zero-order chi connectivity index (χ0) is 17.7. The molecule has 8 heteroatoms. The van der Waals surface area contributed by atoms with Gasteiger partial charge in [-0.05, 0) is 38.2 Å². The number of nitrogens with one attached hydrogen (secondary N) is 1. The lowest BCUT2D eigenvalue weighted by atomic mass is 10.1. The summed E-state index contributed by atoms with van der Waals surface area (Å²) in [6.07, 6.45) is 9.41. The standard InChI is InChI=1S/C17H26N4O3S/c22-17(8-7-14-9-10-18-13-19-14)21-11-3-6-16(12-21)25(23,24)20-15-4-1-2-5-15/h9-10,13,15-16,20H,1-8,11-12H2. The molecule has 2 heterocycles. The number of amides is 1. The van der Waals surface area contributed by atoms with Gasteiger partial charge < -0.3 is 4.90 Å². The monoisotopic (exact) mass is 366 g/mol. The minimum absolute atomic E-state index is 0.000575. The molecule has 1 atom stereocenters. The van der Waals surface area contributed by atoms with Crippen molar-refractivity contribution in [1.82, 2.24) is 19.6 Å². The third-order valence-corrected chi connectivity index (χ3v) is 7.02. The van der Waals surface area contributed by atoms with Gasteiger partial charge in [-0.2, -0.15) is 0 Å². The number of hydrogen-bond acceptors (Lipinski definition) is 5. The van der Waals surface area contributed by atoms with Crippen molar-refractivity contribution in [2.75, 3.05) is 13.1 Å². The van der Waals surface area contributed by atoms with Crippen molar-refractivity contribution < 1.29 is 13.2 Å². The molecule has 1 aromatic rings. The van der Waals surface area contributed by atoms with Crippen LogP contribution in [0.1, 0.15) is 50.6 Å². The van der Waals surface area contributed by atoms with Crippen LogP contribution in [0, 0.1) is 0 Å². The minimum atomic E-state index is -3.36. The number of piperidine rings is 1. The van der Waals surface area contributed by atoms with Crippen molar-refractivity contribution in [1.29, 1.82) is 0 Å². The first-order chi connectivity index (χ1) is 12.0. The molecular formula is C17H26N4O3S. The molecule has 1 saturated heterocycles. The largest absolute Gasteiger partial charge is 0.341 e. The summed E-state index contributed by atoms with van der Waals surface area (Å²) in [4.78, 5) is 22.1. The number of aryl methyl sites for hydroxylation is 1. The SMILES string of the molecule is O=C(CCc1ccncn1)N1CCCC(S(=O)(=O)NC2CCCC2)C1. The van der Waals surface area contributed by atoms with Crippen LogP contribution in [0.3, 0.4) is 0 Å². The van der Waals surface area contributed by atoms with E-state index >= 15 is 0 Å². The number of sulfonamides is 1. The van der Waals surface area contributed by atoms with Crippen LogP contribution in [-0.4, -0.2) is 53.6 Å². The van der Waals surface area contributed by atoms with E-state index in [0.717, 1.165) is 37.8 Å². The van der Waals surface area contributed by atoms with Crippen molar-refractivity contribution in [2.45, 2.75) is 62.7 Å². The molecule has 25 heavy (non-hydrogen) atoms. The van der Waals surface area contributed by atoms with Crippen LogP contribution in [0.4, 0.5) is 0 Å². The van der Waals surface area contributed by atoms with Gasteiger partial charge in [-0.1, -0.05) is 12.8 Å². The number of likely N-dealkylation sites (tertiary alicyclic amines) is 1. The zero-order valence-electron chi connectivity index (χ0n) is 14.4. The summed E-state index contributed by atoms with van der Waals surface area (Å²) in [7, 11) is -3.36. The van der Waals surface area contributed by atoms with Gasteiger partial charge in [-0.25, -0.2) is 23.1 Å². The van der Waals surface area contributed by atoms with Crippen molar-refractivity contribution in [2.24, 2.45) is 0 Å². The van der Waals surface area contributed by atoms with Crippen LogP contribution in [0.15, 0.2) is 18.6 Å². The summed E-state index contributed by atoms with van der Waals surface area (Å²) >= 11 is 0. The van der Waals surface area contributed by atoms with E-state index in [1.54, 1.807) is 17.2 Å². The van der Waals surface area contributed by atoms with Crippen LogP contribution in [0.2, 0.25) is 0 Å². The molecule has 0 radical (unpaired) electrons. The minimum Gasteiger partial charge on any atom is -0.341 e. The van der Waals surface area contributed by atoms with Gasteiger partial charge in [0.15, 0.2) is 0 Å². The molecule has 1 aliphatic heterocycles. The fraction of sp³-hybridized carbons (Fsp3) is 0.706. The lowest BCUT2D eigenvalue weighted by Crippen LogP contribution is -2.50. The topological polar surface area (TPSA) is 92.3 Å². The van der Waals surface area contributed by atoms with E-state index in [1.807, 2.05) is 0 Å². The van der Waals surface area contributed by atoms with Gasteiger partial charge in [-0.15, -0.1) is 0 Å². The molecule has 0 aromatic carbocycles. The number of carbonyl (C=O) groups excluding carboxylic acids is 1. The Morgan fingerprint density at radius 3 is 2.76 bits per heavy atom. The fourth-order valence-corrected chi connectivity index (χ4v) is 5.40. The molecule has 1 saturated carbocycles. The van der Waals surface area contributed by atoms with E-state index in [4.69, 9.17) is 0 Å². The molecule has 0 bridgehead atoms. The molecule has 0 spiro atoms. The lowest BCUT2D eigenvalue weighted by Gasteiger charge is -2.33. The van der Waals surface area contributed by atoms with Crippen molar-refractivity contribution >= 4 is 15.9 Å². The van der Waals surface area contributed by atoms with Crippen LogP contribution in [0.5, 0.6) is 0 Å². The first kappa shape index (κ1) is 18.3. The maximum atomic E-state index is 12.6. The normalized spacial score (nSPS) is 22.2. The summed E-state index contributed by atoms with van der Waals surface area (Å²) < 4.78 is 28.1. The Bertz CT molecular complexity index is 674. The molecule has 1 unspecified atom stereocenters. The highest BCUT2D eigenvalue weighted by Gasteiger charge is 2.34. The molecular weight excluding hydrogens is 340 g/mol. The quantitative estimate of drug-likeness (QED) is 0.818. The predicted molar refractivity (Wildman–Crippen MR) is 94.3 cm³/mol. The van der Waals surface area contributed by atoms with Crippen molar-refractivity contribution in [3.8, 4) is 0 Å². The van der Waals surface area contributed by atoms with Crippen LogP contribution < -0.4 is 4.72 Å². The number of hydrogen-bond donors (Lipinski definition) is 1. The van der Waals surface area contributed by atoms with E-state index in [1.165, 1.54) is 6.33 Å². The average molecular weight is 366 g/mol. The number of aromatic nitrogens is 2. The molecule has 1 aliphatic carbocycles. The Morgan fingerprint density at radius 1 is 1.24 bits per heavy atom. The lowest BCUT2D eigenvalue weighted by molar-refractivity contribution is -0.131. The van der Waals surface area contributed by atoms with Gasteiger partial charge in [0.1, 0.15) is 6.33 Å². The van der Waals surface area contributed by atoms with Gasteiger partial charge >= 0.3 is 0 Å². The van der Waals surface area contributed by atoms with E-state index in [-0.39, 0.29) is 11.9 Å². The highest BCUT2D eigenvalue weighted by atomic mass is 32.2. The molecule has 7 nitrogen and oxygen atoms in total. The first-order valence-corrected chi connectivity index (χ1v) is 10.6. The van der Waals surface area contributed by atoms with Crippen molar-refractivity contribution in [3.05, 3.63) is 24.3 Å². The molecule has 1 aromatic heterocycles. The zero-order valence-corrected chi connectivity index (χ0v) is 15.2.